The van der Waals surface area contributed by atoms with Crippen molar-refractivity contribution in [1.82, 2.24) is 0 Å². The van der Waals surface area contributed by atoms with E-state index < -0.39 is 0 Å². The highest BCUT2D eigenvalue weighted by atomic mass is 16.5. The van der Waals surface area contributed by atoms with Crippen molar-refractivity contribution in [2.75, 3.05) is 6.61 Å². The molecule has 3 aliphatic rings. The highest BCUT2D eigenvalue weighted by Gasteiger charge is 2.53. The Labute approximate surface area is 139 Å². The van der Waals surface area contributed by atoms with Gasteiger partial charge in [-0.1, -0.05) is 32.4 Å². The summed E-state index contributed by atoms with van der Waals surface area (Å²) in [6, 6.07) is 0. The summed E-state index contributed by atoms with van der Waals surface area (Å²) in [5.74, 6) is 0.892. The second-order valence-electron chi connectivity index (χ2n) is 8.79. The second kappa shape index (κ2) is 5.77. The molecule has 4 atom stereocenters. The van der Waals surface area contributed by atoms with Crippen LogP contribution in [0.25, 0.3) is 0 Å². The van der Waals surface area contributed by atoms with Gasteiger partial charge in [-0.2, -0.15) is 0 Å². The predicted octanol–water partition coefficient (Wildman–Crippen LogP) is 4.02. The van der Waals surface area contributed by atoms with Gasteiger partial charge in [0.1, 0.15) is 6.61 Å². The van der Waals surface area contributed by atoms with Gasteiger partial charge in [-0.25, -0.2) is 4.79 Å². The number of carbonyl (C=O) groups excluding carboxylic acids is 1. The molecule has 0 unspecified atom stereocenters. The molecule has 0 saturated heterocycles. The zero-order valence-electron chi connectivity index (χ0n) is 14.9. The van der Waals surface area contributed by atoms with Crippen LogP contribution in [0.1, 0.15) is 59.8 Å². The molecule has 3 rings (SSSR count). The molecule has 128 valence electrons. The lowest BCUT2D eigenvalue weighted by Gasteiger charge is -2.58. The normalized spacial score (nSPS) is 39.3. The third-order valence-electron chi connectivity index (χ3n) is 6.67. The van der Waals surface area contributed by atoms with E-state index >= 15 is 0 Å². The van der Waals surface area contributed by atoms with Gasteiger partial charge in [0.15, 0.2) is 0 Å². The number of aliphatic hydroxyl groups excluding tert-OH is 1. The molecule has 2 aliphatic carbocycles. The van der Waals surface area contributed by atoms with E-state index in [4.69, 9.17) is 4.74 Å². The van der Waals surface area contributed by atoms with E-state index in [-0.39, 0.29) is 22.9 Å². The average Bonchev–Trinajstić information content (AvgIpc) is 2.81. The van der Waals surface area contributed by atoms with Crippen molar-refractivity contribution in [3.8, 4) is 0 Å². The summed E-state index contributed by atoms with van der Waals surface area (Å²) >= 11 is 0. The maximum absolute atomic E-state index is 11.2. The first kappa shape index (κ1) is 16.8. The lowest BCUT2D eigenvalue weighted by Crippen LogP contribution is -2.52. The Hall–Kier alpha value is -1.09. The minimum atomic E-state index is -0.200. The number of rotatable bonds is 3. The highest BCUT2D eigenvalue weighted by molar-refractivity contribution is 5.85. The first-order valence-electron chi connectivity index (χ1n) is 8.93. The predicted molar refractivity (Wildman–Crippen MR) is 90.8 cm³/mol. The van der Waals surface area contributed by atoms with Gasteiger partial charge in [0.25, 0.3) is 0 Å². The van der Waals surface area contributed by atoms with E-state index in [1.807, 2.05) is 0 Å². The Morgan fingerprint density at radius 3 is 2.70 bits per heavy atom. The molecule has 23 heavy (non-hydrogen) atoms. The fourth-order valence-corrected chi connectivity index (χ4v) is 5.75. The molecule has 0 aromatic carbocycles. The SMILES string of the molecule is CC1=CC[C@@H]2C(C)(C)C[C@H](O)C[C@]2(C)[C@H]1CCC1=CC(=O)OC1. The zero-order valence-corrected chi connectivity index (χ0v) is 14.9. The van der Waals surface area contributed by atoms with Gasteiger partial charge in [0.2, 0.25) is 0 Å². The van der Waals surface area contributed by atoms with Crippen molar-refractivity contribution in [2.24, 2.45) is 22.7 Å². The van der Waals surface area contributed by atoms with Crippen molar-refractivity contribution < 1.29 is 14.6 Å². The molecule has 0 aromatic heterocycles. The molecule has 0 spiro atoms. The maximum atomic E-state index is 11.2. The number of esters is 1. The summed E-state index contributed by atoms with van der Waals surface area (Å²) in [5, 5.41) is 10.5. The molecule has 1 N–H and O–H groups in total. The number of allylic oxidation sites excluding steroid dienone is 2. The highest BCUT2D eigenvalue weighted by Crippen LogP contribution is 2.60. The number of carbonyl (C=O) groups is 1. The molecule has 0 bridgehead atoms. The lowest BCUT2D eigenvalue weighted by molar-refractivity contribution is -0.135. The van der Waals surface area contributed by atoms with Gasteiger partial charge in [0.05, 0.1) is 6.10 Å². The van der Waals surface area contributed by atoms with Gasteiger partial charge in [0, 0.05) is 6.08 Å². The molecule has 0 aromatic rings. The maximum Gasteiger partial charge on any atom is 0.331 e. The molecule has 1 heterocycles. The van der Waals surface area contributed by atoms with Gasteiger partial charge in [-0.15, -0.1) is 0 Å². The van der Waals surface area contributed by atoms with Crippen molar-refractivity contribution >= 4 is 5.97 Å². The van der Waals surface area contributed by atoms with Crippen LogP contribution in [0, 0.1) is 22.7 Å². The summed E-state index contributed by atoms with van der Waals surface area (Å²) in [6.07, 6.45) is 8.76. The van der Waals surface area contributed by atoms with Crippen molar-refractivity contribution in [2.45, 2.75) is 65.9 Å². The standard InChI is InChI=1S/C20H30O3/c1-13-5-8-17-19(2,3)10-15(21)11-20(17,4)16(13)7-6-14-9-18(22)23-12-14/h5,9,15-17,21H,6-8,10-12H2,1-4H3/t15-,16-,17+,20+/m0/s1. The van der Waals surface area contributed by atoms with Crippen LogP contribution in [-0.4, -0.2) is 23.8 Å². The van der Waals surface area contributed by atoms with Crippen LogP contribution in [0.5, 0.6) is 0 Å². The summed E-state index contributed by atoms with van der Waals surface area (Å²) in [7, 11) is 0. The molecule has 0 radical (unpaired) electrons. The van der Waals surface area contributed by atoms with Gasteiger partial charge < -0.3 is 9.84 Å². The smallest absolute Gasteiger partial charge is 0.331 e. The van der Waals surface area contributed by atoms with E-state index in [9.17, 15) is 9.90 Å². The van der Waals surface area contributed by atoms with Crippen LogP contribution in [0.2, 0.25) is 0 Å². The number of cyclic esters (lactones) is 1. The summed E-state index contributed by atoms with van der Waals surface area (Å²) in [4.78, 5) is 11.2. The average molecular weight is 318 g/mol. The number of aliphatic hydroxyl groups is 1. The van der Waals surface area contributed by atoms with Crippen LogP contribution in [-0.2, 0) is 9.53 Å². The zero-order chi connectivity index (χ0) is 16.8. The van der Waals surface area contributed by atoms with Gasteiger partial charge in [-0.3, -0.25) is 0 Å². The molecule has 0 amide bonds. The van der Waals surface area contributed by atoms with Crippen LogP contribution in [0.4, 0.5) is 0 Å². The Morgan fingerprint density at radius 1 is 1.30 bits per heavy atom. The number of hydrogen-bond acceptors (Lipinski definition) is 3. The van der Waals surface area contributed by atoms with Crippen LogP contribution in [0.15, 0.2) is 23.3 Å². The van der Waals surface area contributed by atoms with E-state index in [0.29, 0.717) is 18.4 Å². The summed E-state index contributed by atoms with van der Waals surface area (Å²) in [5.41, 5.74) is 2.89. The van der Waals surface area contributed by atoms with Crippen LogP contribution < -0.4 is 0 Å². The first-order valence-corrected chi connectivity index (χ1v) is 8.93. The number of fused-ring (bicyclic) bond motifs is 1. The summed E-state index contributed by atoms with van der Waals surface area (Å²) in [6.45, 7) is 9.72. The molecule has 3 heteroatoms. The molecule has 1 saturated carbocycles. The van der Waals surface area contributed by atoms with Gasteiger partial charge >= 0.3 is 5.97 Å². The monoisotopic (exact) mass is 318 g/mol. The fourth-order valence-electron chi connectivity index (χ4n) is 5.75. The van der Waals surface area contributed by atoms with E-state index in [2.05, 4.69) is 33.8 Å². The number of ether oxygens (including phenoxy) is 1. The van der Waals surface area contributed by atoms with Crippen molar-refractivity contribution in [3.63, 3.8) is 0 Å². The number of hydrogen-bond donors (Lipinski definition) is 1. The quantitative estimate of drug-likeness (QED) is 0.631. The van der Waals surface area contributed by atoms with E-state index in [1.165, 1.54) is 5.57 Å². The van der Waals surface area contributed by atoms with Gasteiger partial charge in [-0.05, 0) is 67.3 Å². The van der Waals surface area contributed by atoms with Crippen molar-refractivity contribution in [1.29, 1.82) is 0 Å². The minimum absolute atomic E-state index is 0.143. The molecule has 1 fully saturated rings. The third kappa shape index (κ3) is 3.00. The fraction of sp³-hybridized carbons (Fsp3) is 0.750. The molecule has 1 aliphatic heterocycles. The van der Waals surface area contributed by atoms with Crippen LogP contribution in [0.3, 0.4) is 0 Å². The topological polar surface area (TPSA) is 46.5 Å². The molecular weight excluding hydrogens is 288 g/mol. The molecule has 3 nitrogen and oxygen atoms in total. The Morgan fingerprint density at radius 2 is 2.04 bits per heavy atom. The second-order valence-corrected chi connectivity index (χ2v) is 8.79. The lowest BCUT2D eigenvalue weighted by atomic mass is 9.47. The van der Waals surface area contributed by atoms with Crippen molar-refractivity contribution in [3.05, 3.63) is 23.3 Å². The Balaban J connectivity index is 1.82. The summed E-state index contributed by atoms with van der Waals surface area (Å²) < 4.78 is 5.03. The van der Waals surface area contributed by atoms with E-state index in [0.717, 1.165) is 37.7 Å². The first-order chi connectivity index (χ1) is 10.7. The Bertz CT molecular complexity index is 557. The molecular formula is C20H30O3. The largest absolute Gasteiger partial charge is 0.458 e. The van der Waals surface area contributed by atoms with Crippen LogP contribution >= 0.6 is 0 Å². The third-order valence-corrected chi connectivity index (χ3v) is 6.67. The Kier molecular flexibility index (Phi) is 4.20. The van der Waals surface area contributed by atoms with E-state index in [1.54, 1.807) is 6.08 Å². The minimum Gasteiger partial charge on any atom is -0.458 e.